The number of hydrogen-bond donors (Lipinski definition) is 3. The zero-order chi connectivity index (χ0) is 10.3. The van der Waals surface area contributed by atoms with Gasteiger partial charge in [-0.15, -0.1) is 0 Å². The molecule has 0 aliphatic heterocycles. The summed E-state index contributed by atoms with van der Waals surface area (Å²) in [5, 5.41) is 4.59. The zero-order valence-corrected chi connectivity index (χ0v) is 7.37. The standard InChI is InChI=1S/C7H13N3O3/c1-9-6(12)4-5(8)7(13)10-2-3-11/h3,5H,2,4,8H2,1H3,(H,9,12)(H,10,13). The molecule has 0 aromatic rings. The van der Waals surface area contributed by atoms with Gasteiger partial charge in [-0.25, -0.2) is 0 Å². The van der Waals surface area contributed by atoms with Gasteiger partial charge in [-0.2, -0.15) is 0 Å². The van der Waals surface area contributed by atoms with Crippen molar-refractivity contribution in [3.05, 3.63) is 0 Å². The maximum atomic E-state index is 11.0. The number of carbonyl (C=O) groups is 3. The summed E-state index contributed by atoms with van der Waals surface area (Å²) in [5.41, 5.74) is 5.35. The fourth-order valence-corrected chi connectivity index (χ4v) is 0.668. The monoisotopic (exact) mass is 187 g/mol. The maximum Gasteiger partial charge on any atom is 0.237 e. The van der Waals surface area contributed by atoms with E-state index in [1.54, 1.807) is 0 Å². The molecule has 1 atom stereocenters. The van der Waals surface area contributed by atoms with Crippen LogP contribution in [0.2, 0.25) is 0 Å². The summed E-state index contributed by atoms with van der Waals surface area (Å²) >= 11 is 0. The van der Waals surface area contributed by atoms with Crippen LogP contribution in [0.4, 0.5) is 0 Å². The highest BCUT2D eigenvalue weighted by Gasteiger charge is 2.15. The minimum absolute atomic E-state index is 0.0822. The topological polar surface area (TPSA) is 101 Å². The van der Waals surface area contributed by atoms with E-state index >= 15 is 0 Å². The number of nitrogens with one attached hydrogen (secondary N) is 2. The van der Waals surface area contributed by atoms with Gasteiger partial charge < -0.3 is 21.2 Å². The van der Waals surface area contributed by atoms with Crippen molar-refractivity contribution < 1.29 is 14.4 Å². The first kappa shape index (κ1) is 11.6. The predicted octanol–water partition coefficient (Wildman–Crippen LogP) is -2.24. The first-order valence-electron chi connectivity index (χ1n) is 3.79. The van der Waals surface area contributed by atoms with E-state index in [1.807, 2.05) is 0 Å². The van der Waals surface area contributed by atoms with Gasteiger partial charge in [0.05, 0.1) is 19.0 Å². The average molecular weight is 187 g/mol. The smallest absolute Gasteiger partial charge is 0.237 e. The molecule has 6 heteroatoms. The summed E-state index contributed by atoms with van der Waals surface area (Å²) in [6.07, 6.45) is 0.464. The SMILES string of the molecule is CNC(=O)CC(N)C(=O)NCC=O. The summed E-state index contributed by atoms with van der Waals surface area (Å²) in [5.74, 6) is -0.815. The second-order valence-electron chi connectivity index (χ2n) is 2.40. The molecule has 0 aliphatic carbocycles. The first-order valence-corrected chi connectivity index (χ1v) is 3.79. The van der Waals surface area contributed by atoms with Gasteiger partial charge in [-0.05, 0) is 0 Å². The van der Waals surface area contributed by atoms with E-state index < -0.39 is 11.9 Å². The van der Waals surface area contributed by atoms with Crippen LogP contribution in [0.5, 0.6) is 0 Å². The van der Waals surface area contributed by atoms with Crippen molar-refractivity contribution in [1.82, 2.24) is 10.6 Å². The van der Waals surface area contributed by atoms with Gasteiger partial charge in [-0.1, -0.05) is 0 Å². The first-order chi connectivity index (χ1) is 6.11. The lowest BCUT2D eigenvalue weighted by molar-refractivity contribution is -0.127. The Bertz CT molecular complexity index is 205. The fourth-order valence-electron chi connectivity index (χ4n) is 0.668. The number of rotatable bonds is 5. The van der Waals surface area contributed by atoms with Gasteiger partial charge in [0.15, 0.2) is 0 Å². The Morgan fingerprint density at radius 3 is 2.62 bits per heavy atom. The molecule has 0 saturated heterocycles. The molecule has 0 fully saturated rings. The molecular weight excluding hydrogens is 174 g/mol. The van der Waals surface area contributed by atoms with Crippen molar-refractivity contribution in [2.24, 2.45) is 5.73 Å². The Balaban J connectivity index is 3.81. The van der Waals surface area contributed by atoms with Gasteiger partial charge in [0.25, 0.3) is 0 Å². The lowest BCUT2D eigenvalue weighted by atomic mass is 10.2. The van der Waals surface area contributed by atoms with E-state index in [4.69, 9.17) is 5.73 Å². The maximum absolute atomic E-state index is 11.0. The molecule has 2 amide bonds. The van der Waals surface area contributed by atoms with Gasteiger partial charge >= 0.3 is 0 Å². The van der Waals surface area contributed by atoms with Crippen LogP contribution < -0.4 is 16.4 Å². The molecule has 0 aliphatic rings. The molecule has 1 unspecified atom stereocenters. The lowest BCUT2D eigenvalue weighted by Gasteiger charge is -2.09. The zero-order valence-electron chi connectivity index (χ0n) is 7.37. The summed E-state index contributed by atoms with van der Waals surface area (Å²) in [6, 6.07) is -0.903. The van der Waals surface area contributed by atoms with E-state index in [1.165, 1.54) is 7.05 Å². The molecule has 6 nitrogen and oxygen atoms in total. The summed E-state index contributed by atoms with van der Waals surface area (Å²) < 4.78 is 0. The van der Waals surface area contributed by atoms with Crippen molar-refractivity contribution in [2.45, 2.75) is 12.5 Å². The van der Waals surface area contributed by atoms with E-state index in [0.29, 0.717) is 6.29 Å². The van der Waals surface area contributed by atoms with Crippen LogP contribution in [0, 0.1) is 0 Å². The van der Waals surface area contributed by atoms with E-state index in [2.05, 4.69) is 10.6 Å². The molecule has 0 radical (unpaired) electrons. The number of amides is 2. The Kier molecular flexibility index (Phi) is 5.45. The van der Waals surface area contributed by atoms with Crippen LogP contribution in [0.3, 0.4) is 0 Å². The van der Waals surface area contributed by atoms with Crippen molar-refractivity contribution in [1.29, 1.82) is 0 Å². The summed E-state index contributed by atoms with van der Waals surface area (Å²) in [4.78, 5) is 31.6. The van der Waals surface area contributed by atoms with Crippen molar-refractivity contribution in [2.75, 3.05) is 13.6 Å². The van der Waals surface area contributed by atoms with Crippen molar-refractivity contribution in [3.8, 4) is 0 Å². The van der Waals surface area contributed by atoms with E-state index in [0.717, 1.165) is 0 Å². The highest BCUT2D eigenvalue weighted by atomic mass is 16.2. The van der Waals surface area contributed by atoms with Crippen LogP contribution >= 0.6 is 0 Å². The molecule has 0 saturated carbocycles. The second-order valence-corrected chi connectivity index (χ2v) is 2.40. The van der Waals surface area contributed by atoms with Crippen LogP contribution in [-0.2, 0) is 14.4 Å². The van der Waals surface area contributed by atoms with Crippen LogP contribution in [-0.4, -0.2) is 37.7 Å². The fraction of sp³-hybridized carbons (Fsp3) is 0.571. The van der Waals surface area contributed by atoms with Gasteiger partial charge in [0, 0.05) is 7.05 Å². The average Bonchev–Trinajstić information content (AvgIpc) is 2.13. The molecule has 0 rings (SSSR count). The highest BCUT2D eigenvalue weighted by Crippen LogP contribution is 1.87. The van der Waals surface area contributed by atoms with Crippen molar-refractivity contribution in [3.63, 3.8) is 0 Å². The summed E-state index contributed by atoms with van der Waals surface area (Å²) in [7, 11) is 1.46. The normalized spacial score (nSPS) is 11.5. The molecule has 13 heavy (non-hydrogen) atoms. The number of hydrogen-bond acceptors (Lipinski definition) is 4. The summed E-state index contributed by atoms with van der Waals surface area (Å²) in [6.45, 7) is -0.0831. The minimum atomic E-state index is -0.903. The van der Waals surface area contributed by atoms with Crippen LogP contribution in [0.15, 0.2) is 0 Å². The van der Waals surface area contributed by atoms with E-state index in [-0.39, 0.29) is 18.9 Å². The molecule has 0 bridgehead atoms. The second kappa shape index (κ2) is 6.13. The van der Waals surface area contributed by atoms with Crippen LogP contribution in [0.25, 0.3) is 0 Å². The van der Waals surface area contributed by atoms with Gasteiger partial charge in [0.1, 0.15) is 6.29 Å². The minimum Gasteiger partial charge on any atom is -0.359 e. The Labute approximate surface area is 75.9 Å². The van der Waals surface area contributed by atoms with Crippen molar-refractivity contribution >= 4 is 18.1 Å². The Hall–Kier alpha value is -1.43. The Morgan fingerprint density at radius 1 is 1.54 bits per heavy atom. The molecule has 4 N–H and O–H groups in total. The number of carbonyl (C=O) groups excluding carboxylic acids is 3. The molecule has 74 valence electrons. The molecule has 0 heterocycles. The lowest BCUT2D eigenvalue weighted by Crippen LogP contribution is -2.43. The number of nitrogens with two attached hydrogens (primary N) is 1. The quantitative estimate of drug-likeness (QED) is 0.424. The Morgan fingerprint density at radius 2 is 2.15 bits per heavy atom. The predicted molar refractivity (Wildman–Crippen MR) is 45.7 cm³/mol. The molecule has 0 aromatic carbocycles. The highest BCUT2D eigenvalue weighted by molar-refractivity contribution is 5.88. The third kappa shape index (κ3) is 4.91. The number of aldehydes is 1. The largest absolute Gasteiger partial charge is 0.359 e. The molecule has 0 aromatic heterocycles. The van der Waals surface area contributed by atoms with Crippen LogP contribution in [0.1, 0.15) is 6.42 Å². The molecular formula is C7H13N3O3. The third-order valence-corrected chi connectivity index (χ3v) is 1.38. The third-order valence-electron chi connectivity index (χ3n) is 1.38. The molecule has 0 spiro atoms. The van der Waals surface area contributed by atoms with Gasteiger partial charge in [-0.3, -0.25) is 9.59 Å². The van der Waals surface area contributed by atoms with Gasteiger partial charge in [0.2, 0.25) is 11.8 Å². The van der Waals surface area contributed by atoms with E-state index in [9.17, 15) is 14.4 Å².